The number of hydrogen-bond acceptors (Lipinski definition) is 4. The average Bonchev–Trinajstić information content (AvgIpc) is 3.20. The van der Waals surface area contributed by atoms with E-state index in [-0.39, 0.29) is 17.3 Å². The van der Waals surface area contributed by atoms with Gasteiger partial charge in [0.1, 0.15) is 11.5 Å². The molecule has 0 spiro atoms. The summed E-state index contributed by atoms with van der Waals surface area (Å²) < 4.78 is 32.5. The van der Waals surface area contributed by atoms with Crippen LogP contribution in [0.15, 0.2) is 82.1 Å². The minimum absolute atomic E-state index is 0.0134. The number of rotatable bonds is 8. The van der Waals surface area contributed by atoms with Gasteiger partial charge in [0.25, 0.3) is 0 Å². The Morgan fingerprint density at radius 1 is 1.00 bits per heavy atom. The number of nitrogens with one attached hydrogen (secondary N) is 2. The van der Waals surface area contributed by atoms with Crippen LogP contribution in [-0.2, 0) is 21.4 Å². The van der Waals surface area contributed by atoms with Crippen LogP contribution in [0, 0.1) is 0 Å². The Kier molecular flexibility index (Phi) is 6.87. The summed E-state index contributed by atoms with van der Waals surface area (Å²) in [5, 5.41) is 2.79. The zero-order valence-corrected chi connectivity index (χ0v) is 17.6. The molecule has 0 unspecified atom stereocenters. The van der Waals surface area contributed by atoms with Crippen molar-refractivity contribution in [3.63, 3.8) is 0 Å². The molecule has 3 rings (SSSR count). The van der Waals surface area contributed by atoms with Gasteiger partial charge >= 0.3 is 0 Å². The number of sulfonamides is 1. The monoisotopic (exact) mass is 424 g/mol. The van der Waals surface area contributed by atoms with E-state index < -0.39 is 10.0 Å². The van der Waals surface area contributed by atoms with Crippen LogP contribution in [0.4, 0.5) is 5.69 Å². The van der Waals surface area contributed by atoms with Gasteiger partial charge in [-0.05, 0) is 54.0 Å². The Morgan fingerprint density at radius 2 is 1.70 bits per heavy atom. The van der Waals surface area contributed by atoms with Crippen molar-refractivity contribution in [1.29, 1.82) is 0 Å². The zero-order chi connectivity index (χ0) is 21.6. The Bertz CT molecular complexity index is 1120. The van der Waals surface area contributed by atoms with Crippen molar-refractivity contribution in [3.05, 3.63) is 89.9 Å². The summed E-state index contributed by atoms with van der Waals surface area (Å²) in [6.45, 7) is 4.24. The lowest BCUT2D eigenvalue weighted by molar-refractivity contribution is -0.111. The number of carbonyl (C=O) groups excluding carboxylic acids is 1. The van der Waals surface area contributed by atoms with Gasteiger partial charge in [0, 0.05) is 11.8 Å². The van der Waals surface area contributed by atoms with Crippen molar-refractivity contribution in [2.24, 2.45) is 0 Å². The van der Waals surface area contributed by atoms with Gasteiger partial charge in [-0.25, -0.2) is 13.1 Å². The number of hydrogen-bond donors (Lipinski definition) is 2. The van der Waals surface area contributed by atoms with E-state index in [9.17, 15) is 13.2 Å². The summed E-state index contributed by atoms with van der Waals surface area (Å²) in [4.78, 5) is 12.3. The summed E-state index contributed by atoms with van der Waals surface area (Å²) in [6.07, 6.45) is 2.90. The summed E-state index contributed by atoms with van der Waals surface area (Å²) in [5.74, 6) is 1.04. The van der Waals surface area contributed by atoms with Gasteiger partial charge in [0.2, 0.25) is 15.9 Å². The zero-order valence-electron chi connectivity index (χ0n) is 16.8. The quantitative estimate of drug-likeness (QED) is 0.520. The van der Waals surface area contributed by atoms with E-state index in [0.29, 0.717) is 23.1 Å². The average molecular weight is 425 g/mol. The summed E-state index contributed by atoms with van der Waals surface area (Å²) in [7, 11) is -3.61. The Morgan fingerprint density at radius 3 is 2.37 bits per heavy atom. The number of anilines is 1. The van der Waals surface area contributed by atoms with Gasteiger partial charge in [-0.1, -0.05) is 44.2 Å². The molecule has 0 aliphatic rings. The molecule has 0 aliphatic heterocycles. The third-order valence-corrected chi connectivity index (χ3v) is 5.83. The first-order chi connectivity index (χ1) is 14.3. The van der Waals surface area contributed by atoms with Gasteiger partial charge in [0.15, 0.2) is 0 Å². The molecule has 1 amide bonds. The standard InChI is InChI=1S/C23H24N2O4S/c1-17(2)18-8-10-19(11-9-18)25-23(26)15-14-20-12-13-21(29-20)16-24-30(27,28)22-6-4-3-5-7-22/h3-15,17,24H,16H2,1-2H3,(H,25,26)/b15-14+. The first kappa shape index (κ1) is 21.5. The van der Waals surface area contributed by atoms with Gasteiger partial charge in [-0.3, -0.25) is 4.79 Å². The van der Waals surface area contributed by atoms with Crippen LogP contribution in [0.2, 0.25) is 0 Å². The summed E-state index contributed by atoms with van der Waals surface area (Å²) in [5.41, 5.74) is 1.92. The molecule has 0 atom stereocenters. The smallest absolute Gasteiger partial charge is 0.248 e. The van der Waals surface area contributed by atoms with E-state index in [1.54, 1.807) is 30.3 Å². The molecule has 3 aromatic rings. The molecule has 0 fully saturated rings. The van der Waals surface area contributed by atoms with Crippen LogP contribution in [0.1, 0.15) is 36.8 Å². The van der Waals surface area contributed by atoms with Gasteiger partial charge < -0.3 is 9.73 Å². The maximum Gasteiger partial charge on any atom is 0.248 e. The van der Waals surface area contributed by atoms with Crippen molar-refractivity contribution < 1.29 is 17.6 Å². The highest BCUT2D eigenvalue weighted by atomic mass is 32.2. The second-order valence-corrected chi connectivity index (χ2v) is 8.81. The molecule has 30 heavy (non-hydrogen) atoms. The molecule has 0 saturated heterocycles. The highest BCUT2D eigenvalue weighted by Crippen LogP contribution is 2.17. The molecule has 7 heteroatoms. The molecular weight excluding hydrogens is 400 g/mol. The normalized spacial score (nSPS) is 11.8. The van der Waals surface area contributed by atoms with Crippen molar-refractivity contribution in [2.45, 2.75) is 31.2 Å². The SMILES string of the molecule is CC(C)c1ccc(NC(=O)/C=C/c2ccc(CNS(=O)(=O)c3ccccc3)o2)cc1. The fraction of sp³-hybridized carbons (Fsp3) is 0.174. The molecule has 1 aromatic heterocycles. The first-order valence-corrected chi connectivity index (χ1v) is 11.0. The minimum Gasteiger partial charge on any atom is -0.460 e. The van der Waals surface area contributed by atoms with E-state index in [0.717, 1.165) is 0 Å². The predicted molar refractivity (Wildman–Crippen MR) is 117 cm³/mol. The van der Waals surface area contributed by atoms with Crippen LogP contribution >= 0.6 is 0 Å². The summed E-state index contributed by atoms with van der Waals surface area (Å²) >= 11 is 0. The number of furan rings is 1. The van der Waals surface area contributed by atoms with Crippen LogP contribution < -0.4 is 10.0 Å². The fourth-order valence-corrected chi connectivity index (χ4v) is 3.74. The topological polar surface area (TPSA) is 88.4 Å². The molecule has 0 saturated carbocycles. The van der Waals surface area contributed by atoms with Crippen molar-refractivity contribution in [3.8, 4) is 0 Å². The lowest BCUT2D eigenvalue weighted by Crippen LogP contribution is -2.22. The van der Waals surface area contributed by atoms with Crippen molar-refractivity contribution in [1.82, 2.24) is 4.72 Å². The van der Waals surface area contributed by atoms with Crippen molar-refractivity contribution in [2.75, 3.05) is 5.32 Å². The van der Waals surface area contributed by atoms with Gasteiger partial charge in [0.05, 0.1) is 11.4 Å². The maximum absolute atomic E-state index is 12.2. The fourth-order valence-electron chi connectivity index (χ4n) is 2.72. The lowest BCUT2D eigenvalue weighted by atomic mass is 10.0. The Labute approximate surface area is 176 Å². The van der Waals surface area contributed by atoms with Crippen molar-refractivity contribution >= 4 is 27.7 Å². The second-order valence-electron chi connectivity index (χ2n) is 7.04. The molecule has 2 N–H and O–H groups in total. The third-order valence-electron chi connectivity index (χ3n) is 4.42. The highest BCUT2D eigenvalue weighted by molar-refractivity contribution is 7.89. The second kappa shape index (κ2) is 9.56. The number of benzene rings is 2. The Hall–Kier alpha value is -3.16. The molecule has 0 bridgehead atoms. The molecular formula is C23H24N2O4S. The van der Waals surface area contributed by atoms with Crippen LogP contribution in [0.25, 0.3) is 6.08 Å². The maximum atomic E-state index is 12.2. The Balaban J connectivity index is 1.54. The lowest BCUT2D eigenvalue weighted by Gasteiger charge is -2.07. The number of amides is 1. The van der Waals surface area contributed by atoms with Crippen LogP contribution in [-0.4, -0.2) is 14.3 Å². The van der Waals surface area contributed by atoms with E-state index in [4.69, 9.17) is 4.42 Å². The predicted octanol–water partition coefficient (Wildman–Crippen LogP) is 4.53. The molecule has 0 radical (unpaired) electrons. The molecule has 156 valence electrons. The molecule has 6 nitrogen and oxygen atoms in total. The number of carbonyl (C=O) groups is 1. The van der Waals surface area contributed by atoms with Gasteiger partial charge in [-0.2, -0.15) is 0 Å². The largest absolute Gasteiger partial charge is 0.460 e. The van der Waals surface area contributed by atoms with Gasteiger partial charge in [-0.15, -0.1) is 0 Å². The molecule has 2 aromatic carbocycles. The molecule has 1 heterocycles. The molecule has 0 aliphatic carbocycles. The van der Waals surface area contributed by atoms with E-state index in [1.807, 2.05) is 24.3 Å². The van der Waals surface area contributed by atoms with E-state index in [1.165, 1.54) is 29.8 Å². The summed E-state index contributed by atoms with van der Waals surface area (Å²) in [6, 6.07) is 19.2. The first-order valence-electron chi connectivity index (χ1n) is 9.56. The van der Waals surface area contributed by atoms with E-state index >= 15 is 0 Å². The highest BCUT2D eigenvalue weighted by Gasteiger charge is 2.13. The van der Waals surface area contributed by atoms with Crippen LogP contribution in [0.5, 0.6) is 0 Å². The van der Waals surface area contributed by atoms with Crippen LogP contribution in [0.3, 0.4) is 0 Å². The third kappa shape index (κ3) is 5.92. The van der Waals surface area contributed by atoms with E-state index in [2.05, 4.69) is 23.9 Å². The minimum atomic E-state index is -3.61.